The second-order valence-corrected chi connectivity index (χ2v) is 38.9. The van der Waals surface area contributed by atoms with Crippen LogP contribution in [0.5, 0.6) is 0 Å². The molecule has 0 radical (unpaired) electrons. The van der Waals surface area contributed by atoms with Gasteiger partial charge in [-0.25, -0.2) is 4.39 Å². The van der Waals surface area contributed by atoms with E-state index in [9.17, 15) is 0 Å². The minimum absolute atomic E-state index is 0.00742. The van der Waals surface area contributed by atoms with Crippen LogP contribution in [0.15, 0.2) is 97.1 Å². The zero-order valence-corrected chi connectivity index (χ0v) is 36.1. The minimum Gasteiger partial charge on any atom is -0.311 e. The topological polar surface area (TPSA) is 6.48 Å². The fourth-order valence-corrected chi connectivity index (χ4v) is 12.3. The maximum Gasteiger partial charge on any atom is 0.252 e. The minimum atomic E-state index is -1.66. The summed E-state index contributed by atoms with van der Waals surface area (Å²) in [6.45, 7) is 28.8. The Hall–Kier alpha value is -3.44. The van der Waals surface area contributed by atoms with Gasteiger partial charge in [0, 0.05) is 34.1 Å². The van der Waals surface area contributed by atoms with Crippen LogP contribution in [-0.4, -0.2) is 39.0 Å². The van der Waals surface area contributed by atoms with Crippen molar-refractivity contribution in [3.05, 3.63) is 103 Å². The number of benzene rings is 5. The summed E-state index contributed by atoms with van der Waals surface area (Å²) in [5.41, 5.74) is 10.1. The average molecular weight is 727 g/mol. The van der Waals surface area contributed by atoms with Crippen LogP contribution in [0.25, 0.3) is 0 Å². The molecule has 0 N–H and O–H groups in total. The van der Waals surface area contributed by atoms with Crippen LogP contribution in [0.1, 0.15) is 0 Å². The molecule has 2 aliphatic heterocycles. The van der Waals surface area contributed by atoms with Gasteiger partial charge in [0.05, 0.1) is 32.3 Å². The summed E-state index contributed by atoms with van der Waals surface area (Å²) in [5, 5.41) is 5.67. The van der Waals surface area contributed by atoms with E-state index in [1.807, 2.05) is 0 Å². The Bertz CT molecular complexity index is 1970. The first-order valence-electron chi connectivity index (χ1n) is 18.2. The number of halogens is 1. The van der Waals surface area contributed by atoms with Crippen LogP contribution in [0, 0.1) is 5.82 Å². The lowest BCUT2D eigenvalue weighted by Gasteiger charge is -2.45. The van der Waals surface area contributed by atoms with E-state index in [0.29, 0.717) is 0 Å². The maximum atomic E-state index is 16.4. The molecule has 7 rings (SSSR count). The largest absolute Gasteiger partial charge is 0.311 e. The first-order chi connectivity index (χ1) is 23.2. The van der Waals surface area contributed by atoms with Crippen LogP contribution in [0.4, 0.5) is 38.5 Å². The van der Waals surface area contributed by atoms with Crippen molar-refractivity contribution >= 4 is 110 Å². The van der Waals surface area contributed by atoms with Crippen molar-refractivity contribution in [2.24, 2.45) is 0 Å². The Balaban J connectivity index is 1.55. The van der Waals surface area contributed by atoms with Gasteiger partial charge in [0.1, 0.15) is 5.82 Å². The highest BCUT2D eigenvalue weighted by atomic mass is 28.3. The Morgan fingerprint density at radius 1 is 0.400 bits per heavy atom. The Labute approximate surface area is 304 Å². The second kappa shape index (κ2) is 11.8. The maximum absolute atomic E-state index is 16.4. The second-order valence-electron chi connectivity index (χ2n) is 18.6. The predicted molar refractivity (Wildman–Crippen MR) is 232 cm³/mol. The Morgan fingerprint density at radius 2 is 0.720 bits per heavy atom. The quantitative estimate of drug-likeness (QED) is 0.160. The van der Waals surface area contributed by atoms with Crippen LogP contribution in [-0.2, 0) is 0 Å². The summed E-state index contributed by atoms with van der Waals surface area (Å²) >= 11 is 0. The molecule has 2 nitrogen and oxygen atoms in total. The normalized spacial score (nSPS) is 14.4. The van der Waals surface area contributed by atoms with Gasteiger partial charge in [-0.05, 0) is 64.9 Å². The van der Waals surface area contributed by atoms with E-state index >= 15 is 4.39 Å². The van der Waals surface area contributed by atoms with E-state index in [0.717, 1.165) is 22.7 Å². The smallest absolute Gasteiger partial charge is 0.252 e. The Kier molecular flexibility index (Phi) is 8.26. The molecule has 0 bridgehead atoms. The van der Waals surface area contributed by atoms with Crippen LogP contribution in [0.3, 0.4) is 0 Å². The summed E-state index contributed by atoms with van der Waals surface area (Å²) in [6, 6.07) is 36.3. The zero-order chi connectivity index (χ0) is 36.1. The number of hydrogen-bond acceptors (Lipinski definition) is 2. The van der Waals surface area contributed by atoms with Crippen molar-refractivity contribution in [1.29, 1.82) is 0 Å². The molecule has 50 heavy (non-hydrogen) atoms. The average Bonchev–Trinajstić information content (AvgIpc) is 3.02. The van der Waals surface area contributed by atoms with Crippen molar-refractivity contribution in [2.75, 3.05) is 9.80 Å². The molecule has 5 aromatic rings. The van der Waals surface area contributed by atoms with Crippen molar-refractivity contribution in [2.45, 2.75) is 78.6 Å². The standard InChI is InChI=1S/C42H52BFN2Si4/c1-47(2,3)32-17-13-30(14-18-32)45-38-27-34(49(7,8)9)21-23-36(38)43-37-24-22-35(50(10,11)12)28-39(37)46(41-26-29(44)25-40(45)42(41)43)31-15-19-33(20-16-31)48(4,5)6/h13-28H,1-12H3. The molecular formula is C42H52BFN2Si4. The molecule has 0 saturated heterocycles. The van der Waals surface area contributed by atoms with Crippen molar-refractivity contribution in [1.82, 2.24) is 0 Å². The van der Waals surface area contributed by atoms with Gasteiger partial charge >= 0.3 is 0 Å². The van der Waals surface area contributed by atoms with Gasteiger partial charge in [0.15, 0.2) is 0 Å². The molecule has 256 valence electrons. The third kappa shape index (κ3) is 6.02. The molecule has 2 heterocycles. The van der Waals surface area contributed by atoms with Gasteiger partial charge < -0.3 is 9.80 Å². The van der Waals surface area contributed by atoms with Gasteiger partial charge in [0.25, 0.3) is 6.71 Å². The summed E-state index contributed by atoms with van der Waals surface area (Å²) in [6.07, 6.45) is 0. The third-order valence-corrected chi connectivity index (χ3v) is 19.0. The lowest BCUT2D eigenvalue weighted by Crippen LogP contribution is -2.62. The summed E-state index contributed by atoms with van der Waals surface area (Å²) in [7, 11) is -6.32. The number of rotatable bonds is 6. The van der Waals surface area contributed by atoms with E-state index in [1.54, 1.807) is 12.1 Å². The third-order valence-electron chi connectivity index (χ3n) is 10.8. The lowest BCUT2D eigenvalue weighted by atomic mass is 9.33. The highest BCUT2D eigenvalue weighted by molar-refractivity contribution is 7.01. The van der Waals surface area contributed by atoms with Gasteiger partial charge in [0.2, 0.25) is 0 Å². The predicted octanol–water partition coefficient (Wildman–Crippen LogP) is 8.09. The molecule has 0 aromatic heterocycles. The van der Waals surface area contributed by atoms with Crippen molar-refractivity contribution in [3.63, 3.8) is 0 Å². The lowest BCUT2D eigenvalue weighted by molar-refractivity contribution is 0.628. The number of fused-ring (bicyclic) bond motifs is 4. The molecule has 0 aliphatic carbocycles. The molecule has 5 aromatic carbocycles. The monoisotopic (exact) mass is 726 g/mol. The molecule has 8 heteroatoms. The number of anilines is 6. The number of nitrogens with zero attached hydrogens (tertiary/aromatic N) is 2. The first-order valence-corrected chi connectivity index (χ1v) is 32.2. The van der Waals surface area contributed by atoms with Crippen LogP contribution < -0.4 is 46.9 Å². The molecule has 0 saturated carbocycles. The van der Waals surface area contributed by atoms with E-state index in [1.165, 1.54) is 48.5 Å². The van der Waals surface area contributed by atoms with E-state index in [-0.39, 0.29) is 12.5 Å². The highest BCUT2D eigenvalue weighted by Gasteiger charge is 2.44. The zero-order valence-electron chi connectivity index (χ0n) is 32.1. The summed E-state index contributed by atoms with van der Waals surface area (Å²) in [5.74, 6) is -0.209. The van der Waals surface area contributed by atoms with Gasteiger partial charge in [-0.15, -0.1) is 0 Å². The molecule has 0 amide bonds. The first kappa shape index (κ1) is 35.0. The molecule has 0 unspecified atom stereocenters. The van der Waals surface area contributed by atoms with Crippen molar-refractivity contribution in [3.8, 4) is 0 Å². The van der Waals surface area contributed by atoms with Crippen LogP contribution in [0.2, 0.25) is 78.6 Å². The molecular weight excluding hydrogens is 675 g/mol. The summed E-state index contributed by atoms with van der Waals surface area (Å²) < 4.78 is 16.4. The van der Waals surface area contributed by atoms with E-state index < -0.39 is 32.3 Å². The van der Waals surface area contributed by atoms with Crippen molar-refractivity contribution < 1.29 is 4.39 Å². The highest BCUT2D eigenvalue weighted by Crippen LogP contribution is 2.44. The fourth-order valence-electron chi connectivity index (χ4n) is 7.67. The SMILES string of the molecule is C[Si](C)(C)c1ccc(N2c3cc([Si](C)(C)C)ccc3B3c4ccc([Si](C)(C)C)cc4N(c4ccc([Si](C)(C)C)cc4)c4cc(F)cc2c43)cc1. The molecule has 0 atom stereocenters. The molecule has 0 fully saturated rings. The molecule has 2 aliphatic rings. The van der Waals surface area contributed by atoms with E-state index in [2.05, 4.69) is 173 Å². The van der Waals surface area contributed by atoms with Crippen LogP contribution >= 0.6 is 0 Å². The summed E-state index contributed by atoms with van der Waals surface area (Å²) in [4.78, 5) is 4.72. The fraction of sp³-hybridized carbons (Fsp3) is 0.286. The Morgan fingerprint density at radius 3 is 1.04 bits per heavy atom. The number of hydrogen-bond donors (Lipinski definition) is 0. The van der Waals surface area contributed by atoms with Gasteiger partial charge in [-0.2, -0.15) is 0 Å². The van der Waals surface area contributed by atoms with Gasteiger partial charge in [-0.1, -0.05) is 148 Å². The van der Waals surface area contributed by atoms with Gasteiger partial charge in [-0.3, -0.25) is 0 Å². The molecule has 0 spiro atoms. The van der Waals surface area contributed by atoms with E-state index in [4.69, 9.17) is 0 Å².